The maximum atomic E-state index is 13.6. The molecule has 2 aliphatic rings. The largest absolute Gasteiger partial charge is 0.473 e. The van der Waals surface area contributed by atoms with Crippen molar-refractivity contribution < 1.29 is 54.9 Å². The molecule has 2 aromatic rings. The Labute approximate surface area is 198 Å². The van der Waals surface area contributed by atoms with Crippen LogP contribution < -0.4 is 10.6 Å². The molecular weight excluding hydrogens is 508 g/mol. The van der Waals surface area contributed by atoms with Crippen LogP contribution in [0.5, 0.6) is 0 Å². The van der Waals surface area contributed by atoms with Crippen molar-refractivity contribution in [2.24, 2.45) is 11.8 Å². The summed E-state index contributed by atoms with van der Waals surface area (Å²) in [5, 5.41) is 20.4. The molecule has 4 N–H and O–H groups in total. The van der Waals surface area contributed by atoms with Gasteiger partial charge in [-0.25, -0.2) is 44.7 Å². The zero-order valence-corrected chi connectivity index (χ0v) is 18.2. The molecule has 14 heteroatoms. The van der Waals surface area contributed by atoms with Crippen molar-refractivity contribution in [2.75, 3.05) is 26.2 Å². The van der Waals surface area contributed by atoms with Crippen LogP contribution in [0.4, 0.5) is 35.1 Å². The monoisotopic (exact) mass is 528 g/mol. The van der Waals surface area contributed by atoms with Gasteiger partial charge in [-0.2, -0.15) is 0 Å². The van der Waals surface area contributed by atoms with Crippen LogP contribution in [-0.2, 0) is 9.59 Å². The number of hydrogen-bond acceptors (Lipinski definition) is 4. The quantitative estimate of drug-likeness (QED) is 0.274. The zero-order valence-electron chi connectivity index (χ0n) is 18.2. The van der Waals surface area contributed by atoms with Crippen molar-refractivity contribution in [1.29, 1.82) is 0 Å². The maximum Gasteiger partial charge on any atom is 0.414 e. The van der Waals surface area contributed by atoms with Crippen LogP contribution in [-0.4, -0.2) is 48.3 Å². The lowest BCUT2D eigenvalue weighted by molar-refractivity contribution is -0.159. The van der Waals surface area contributed by atoms with Gasteiger partial charge in [0.05, 0.1) is 0 Å². The Kier molecular flexibility index (Phi) is 10.2. The van der Waals surface area contributed by atoms with Gasteiger partial charge < -0.3 is 20.8 Å². The highest BCUT2D eigenvalue weighted by Gasteiger charge is 2.32. The average Bonchev–Trinajstić information content (AvgIpc) is 2.74. The van der Waals surface area contributed by atoms with E-state index in [9.17, 15) is 35.1 Å². The molecule has 0 bridgehead atoms. The van der Waals surface area contributed by atoms with Crippen LogP contribution >= 0.6 is 0 Å². The summed E-state index contributed by atoms with van der Waals surface area (Å²) in [6.07, 6.45) is -3.16. The van der Waals surface area contributed by atoms with E-state index >= 15 is 0 Å². The Balaban J connectivity index is 0.000000208. The van der Waals surface area contributed by atoms with Gasteiger partial charge in [-0.1, -0.05) is 12.1 Å². The second kappa shape index (κ2) is 12.6. The molecule has 2 unspecified atom stereocenters. The number of hydrogen-bond donors (Lipinski definition) is 4. The first-order chi connectivity index (χ1) is 16.9. The van der Waals surface area contributed by atoms with E-state index in [1.807, 2.05) is 0 Å². The van der Waals surface area contributed by atoms with Crippen LogP contribution in [0.1, 0.15) is 23.5 Å². The Morgan fingerprint density at radius 3 is 1.17 bits per heavy atom. The van der Waals surface area contributed by atoms with Gasteiger partial charge in [-0.05, 0) is 12.1 Å². The molecule has 2 fully saturated rings. The van der Waals surface area contributed by atoms with Crippen molar-refractivity contribution in [3.05, 3.63) is 70.3 Å². The first-order valence-electron chi connectivity index (χ1n) is 10.3. The summed E-state index contributed by atoms with van der Waals surface area (Å²) in [6, 6.07) is 3.40. The number of benzene rings is 2. The molecule has 2 saturated heterocycles. The third-order valence-electron chi connectivity index (χ3n) is 5.36. The van der Waals surface area contributed by atoms with Gasteiger partial charge in [0.2, 0.25) is 0 Å². The standard InChI is InChI=1S/2C10H9F4N.C2H2O4/c2*11-7-2-1-6(9(13)10(7)14)8(12)5-3-15-4-5;3-1(4)2(5)6/h2*1-2,5,8,15H,3-4H2;(H,3,4)(H,5,6). The Hall–Kier alpha value is -3.26. The van der Waals surface area contributed by atoms with Crippen molar-refractivity contribution in [2.45, 2.75) is 12.3 Å². The summed E-state index contributed by atoms with van der Waals surface area (Å²) < 4.78 is 104. The molecule has 0 radical (unpaired) electrons. The molecule has 0 amide bonds. The number of carbonyl (C=O) groups is 2. The molecular formula is C22H20F8N2O4. The molecule has 2 aliphatic heterocycles. The first kappa shape index (κ1) is 29.0. The fourth-order valence-corrected chi connectivity index (χ4v) is 3.05. The molecule has 4 rings (SSSR count). The lowest BCUT2D eigenvalue weighted by Crippen LogP contribution is -2.44. The van der Waals surface area contributed by atoms with E-state index in [2.05, 4.69) is 10.6 Å². The summed E-state index contributed by atoms with van der Waals surface area (Å²) in [6.45, 7) is 1.72. The van der Waals surface area contributed by atoms with Gasteiger partial charge >= 0.3 is 11.9 Å². The maximum absolute atomic E-state index is 13.6. The lowest BCUT2D eigenvalue weighted by atomic mass is 9.92. The van der Waals surface area contributed by atoms with Crippen molar-refractivity contribution in [3.8, 4) is 0 Å². The van der Waals surface area contributed by atoms with Gasteiger partial charge in [0.25, 0.3) is 0 Å². The smallest absolute Gasteiger partial charge is 0.414 e. The molecule has 2 atom stereocenters. The van der Waals surface area contributed by atoms with Crippen LogP contribution in [0.15, 0.2) is 24.3 Å². The minimum atomic E-state index is -1.82. The Morgan fingerprint density at radius 2 is 0.944 bits per heavy atom. The van der Waals surface area contributed by atoms with Crippen LogP contribution in [0.3, 0.4) is 0 Å². The molecule has 0 saturated carbocycles. The summed E-state index contributed by atoms with van der Waals surface area (Å²) in [5.74, 6) is -13.0. The van der Waals surface area contributed by atoms with Gasteiger partial charge in [0.1, 0.15) is 12.3 Å². The van der Waals surface area contributed by atoms with E-state index in [1.165, 1.54) is 0 Å². The molecule has 0 spiro atoms. The van der Waals surface area contributed by atoms with Crippen LogP contribution in [0.2, 0.25) is 0 Å². The number of carboxylic acid groups (broad SMARTS) is 2. The summed E-state index contributed by atoms with van der Waals surface area (Å²) in [4.78, 5) is 18.2. The Bertz CT molecular complexity index is 1010. The summed E-state index contributed by atoms with van der Waals surface area (Å²) >= 11 is 0. The normalized spacial score (nSPS) is 16.8. The SMILES string of the molecule is Fc1ccc(C(F)C2CNC2)c(F)c1F.Fc1ccc(C(F)C2CNC2)c(F)c1F.O=C(O)C(=O)O. The minimum absolute atomic E-state index is 0.357. The fourth-order valence-electron chi connectivity index (χ4n) is 3.05. The third kappa shape index (κ3) is 6.91. The number of halogens is 8. The second-order valence-corrected chi connectivity index (χ2v) is 7.78. The number of rotatable bonds is 4. The van der Waals surface area contributed by atoms with Gasteiger partial charge in [-0.15, -0.1) is 0 Å². The van der Waals surface area contributed by atoms with Crippen molar-refractivity contribution in [1.82, 2.24) is 10.6 Å². The highest BCUT2D eigenvalue weighted by molar-refractivity contribution is 6.27. The fraction of sp³-hybridized carbons (Fsp3) is 0.364. The van der Waals surface area contributed by atoms with Crippen molar-refractivity contribution in [3.63, 3.8) is 0 Å². The molecule has 2 aromatic carbocycles. The predicted octanol–water partition coefficient (Wildman–Crippen LogP) is 3.82. The molecule has 0 aliphatic carbocycles. The Morgan fingerprint density at radius 1 is 0.639 bits per heavy atom. The molecule has 2 heterocycles. The number of carboxylic acids is 2. The minimum Gasteiger partial charge on any atom is -0.473 e. The molecule has 6 nitrogen and oxygen atoms in total. The van der Waals surface area contributed by atoms with E-state index in [1.54, 1.807) is 0 Å². The van der Waals surface area contributed by atoms with E-state index in [-0.39, 0.29) is 11.8 Å². The summed E-state index contributed by atoms with van der Waals surface area (Å²) in [7, 11) is 0. The molecule has 36 heavy (non-hydrogen) atoms. The molecule has 198 valence electrons. The third-order valence-corrected chi connectivity index (χ3v) is 5.36. The van der Waals surface area contributed by atoms with Gasteiger partial charge in [-0.3, -0.25) is 0 Å². The second-order valence-electron chi connectivity index (χ2n) is 7.78. The molecule has 0 aromatic heterocycles. The summed E-state index contributed by atoms with van der Waals surface area (Å²) in [5.41, 5.74) is -0.805. The zero-order chi connectivity index (χ0) is 27.2. The van der Waals surface area contributed by atoms with E-state index < -0.39 is 70.3 Å². The predicted molar refractivity (Wildman–Crippen MR) is 108 cm³/mol. The topological polar surface area (TPSA) is 98.7 Å². The van der Waals surface area contributed by atoms with Crippen LogP contribution in [0, 0.1) is 46.7 Å². The van der Waals surface area contributed by atoms with Gasteiger partial charge in [0, 0.05) is 49.1 Å². The van der Waals surface area contributed by atoms with Crippen LogP contribution in [0.25, 0.3) is 0 Å². The first-order valence-corrected chi connectivity index (χ1v) is 10.3. The van der Waals surface area contributed by atoms with E-state index in [0.29, 0.717) is 26.2 Å². The highest BCUT2D eigenvalue weighted by Crippen LogP contribution is 2.33. The van der Waals surface area contributed by atoms with Crippen molar-refractivity contribution >= 4 is 11.9 Å². The highest BCUT2D eigenvalue weighted by atomic mass is 19.2. The van der Waals surface area contributed by atoms with E-state index in [0.717, 1.165) is 24.3 Å². The lowest BCUT2D eigenvalue weighted by Gasteiger charge is -2.30. The number of aliphatic carboxylic acids is 2. The number of alkyl halides is 2. The van der Waals surface area contributed by atoms with E-state index in [4.69, 9.17) is 19.8 Å². The number of nitrogens with one attached hydrogen (secondary N) is 2. The average molecular weight is 528 g/mol. The van der Waals surface area contributed by atoms with Gasteiger partial charge in [0.15, 0.2) is 34.9 Å².